The van der Waals surface area contributed by atoms with Gasteiger partial charge in [0.25, 0.3) is 5.91 Å². The highest BCUT2D eigenvalue weighted by molar-refractivity contribution is 5.98. The summed E-state index contributed by atoms with van der Waals surface area (Å²) in [6.07, 6.45) is 9.44. The van der Waals surface area contributed by atoms with E-state index in [1.807, 2.05) is 32.2 Å². The van der Waals surface area contributed by atoms with Gasteiger partial charge in [-0.05, 0) is 50.1 Å². The number of aliphatic hydroxyl groups is 1. The van der Waals surface area contributed by atoms with Gasteiger partial charge in [-0.3, -0.25) is 4.79 Å². The lowest BCUT2D eigenvalue weighted by Crippen LogP contribution is -2.39. The van der Waals surface area contributed by atoms with Crippen LogP contribution in [-0.2, 0) is 6.42 Å². The molecule has 3 rings (SSSR count). The van der Waals surface area contributed by atoms with Crippen molar-refractivity contribution in [3.05, 3.63) is 59.4 Å². The topological polar surface area (TPSA) is 87.2 Å². The van der Waals surface area contributed by atoms with E-state index >= 15 is 0 Å². The van der Waals surface area contributed by atoms with Gasteiger partial charge in [0.15, 0.2) is 0 Å². The van der Waals surface area contributed by atoms with E-state index in [4.69, 9.17) is 11.2 Å². The van der Waals surface area contributed by atoms with Gasteiger partial charge in [0.1, 0.15) is 11.4 Å². The first-order chi connectivity index (χ1) is 13.5. The van der Waals surface area contributed by atoms with Crippen LogP contribution in [0.4, 0.5) is 0 Å². The van der Waals surface area contributed by atoms with Crippen LogP contribution in [0.2, 0.25) is 0 Å². The first kappa shape index (κ1) is 19.5. The maximum absolute atomic E-state index is 12.9. The van der Waals surface area contributed by atoms with E-state index in [-0.39, 0.29) is 18.6 Å². The number of amides is 1. The molecule has 0 bridgehead atoms. The van der Waals surface area contributed by atoms with Crippen LogP contribution in [0.15, 0.2) is 42.7 Å². The first-order valence-electron chi connectivity index (χ1n) is 9.12. The molecule has 6 nitrogen and oxygen atoms in total. The predicted octanol–water partition coefficient (Wildman–Crippen LogP) is 2.66. The Morgan fingerprint density at radius 1 is 1.36 bits per heavy atom. The van der Waals surface area contributed by atoms with Crippen LogP contribution in [0, 0.1) is 12.3 Å². The van der Waals surface area contributed by atoms with Gasteiger partial charge in [-0.15, -0.1) is 6.42 Å². The molecule has 3 aromatic rings. The SMILES string of the molecule is C#Cc1cccc(C(=O)NC(CO)Cc2c[nH]c3ncccc23)c1OC(C)C. The summed E-state index contributed by atoms with van der Waals surface area (Å²) in [6.45, 7) is 3.54. The van der Waals surface area contributed by atoms with Gasteiger partial charge < -0.3 is 20.1 Å². The normalized spacial score (nSPS) is 12.0. The smallest absolute Gasteiger partial charge is 0.255 e. The Balaban J connectivity index is 1.82. The van der Waals surface area contributed by atoms with Crippen LogP contribution in [0.5, 0.6) is 5.75 Å². The Morgan fingerprint density at radius 2 is 2.18 bits per heavy atom. The third kappa shape index (κ3) is 4.16. The Kier molecular flexibility index (Phi) is 5.97. The van der Waals surface area contributed by atoms with Gasteiger partial charge in [-0.1, -0.05) is 12.0 Å². The fraction of sp³-hybridized carbons (Fsp3) is 0.273. The lowest BCUT2D eigenvalue weighted by molar-refractivity contribution is 0.0910. The lowest BCUT2D eigenvalue weighted by Gasteiger charge is -2.19. The van der Waals surface area contributed by atoms with Crippen LogP contribution in [-0.4, -0.2) is 39.7 Å². The number of hydrogen-bond donors (Lipinski definition) is 3. The second-order valence-electron chi connectivity index (χ2n) is 6.76. The van der Waals surface area contributed by atoms with E-state index in [2.05, 4.69) is 21.2 Å². The van der Waals surface area contributed by atoms with Crippen LogP contribution in [0.1, 0.15) is 35.3 Å². The zero-order chi connectivity index (χ0) is 20.1. The number of fused-ring (bicyclic) bond motifs is 1. The van der Waals surface area contributed by atoms with E-state index in [0.29, 0.717) is 23.3 Å². The number of rotatable bonds is 7. The van der Waals surface area contributed by atoms with E-state index in [1.165, 1.54) is 0 Å². The molecule has 1 unspecified atom stereocenters. The second kappa shape index (κ2) is 8.59. The lowest BCUT2D eigenvalue weighted by atomic mass is 10.0. The van der Waals surface area contributed by atoms with Gasteiger partial charge in [-0.2, -0.15) is 0 Å². The highest BCUT2D eigenvalue weighted by atomic mass is 16.5. The van der Waals surface area contributed by atoms with Crippen LogP contribution in [0.25, 0.3) is 11.0 Å². The minimum absolute atomic E-state index is 0.131. The van der Waals surface area contributed by atoms with Crippen molar-refractivity contribution >= 4 is 16.9 Å². The zero-order valence-electron chi connectivity index (χ0n) is 15.9. The van der Waals surface area contributed by atoms with Crippen molar-refractivity contribution in [1.82, 2.24) is 15.3 Å². The Hall–Kier alpha value is -3.30. The number of terminal acetylenes is 1. The Labute approximate surface area is 164 Å². The number of benzene rings is 1. The number of para-hydroxylation sites is 1. The van der Waals surface area contributed by atoms with E-state index in [9.17, 15) is 9.90 Å². The highest BCUT2D eigenvalue weighted by Gasteiger charge is 2.20. The zero-order valence-corrected chi connectivity index (χ0v) is 15.9. The molecule has 144 valence electrons. The van der Waals surface area contributed by atoms with Crippen molar-refractivity contribution in [3.8, 4) is 18.1 Å². The average molecular weight is 377 g/mol. The molecular formula is C22H23N3O3. The maximum atomic E-state index is 12.9. The van der Waals surface area contributed by atoms with Crippen molar-refractivity contribution in [1.29, 1.82) is 0 Å². The van der Waals surface area contributed by atoms with Crippen LogP contribution < -0.4 is 10.1 Å². The molecule has 0 saturated carbocycles. The Bertz CT molecular complexity index is 1020. The second-order valence-corrected chi connectivity index (χ2v) is 6.76. The quantitative estimate of drug-likeness (QED) is 0.553. The molecule has 0 radical (unpaired) electrons. The first-order valence-corrected chi connectivity index (χ1v) is 9.12. The molecule has 1 aromatic carbocycles. The molecule has 28 heavy (non-hydrogen) atoms. The molecule has 6 heteroatoms. The largest absolute Gasteiger partial charge is 0.489 e. The number of pyridine rings is 1. The number of aromatic nitrogens is 2. The number of nitrogens with one attached hydrogen (secondary N) is 2. The predicted molar refractivity (Wildman–Crippen MR) is 108 cm³/mol. The highest BCUT2D eigenvalue weighted by Crippen LogP contribution is 2.25. The summed E-state index contributed by atoms with van der Waals surface area (Å²) in [5, 5.41) is 13.6. The standard InChI is InChI=1S/C22H23N3O3/c1-4-15-7-5-8-19(20(15)28-14(2)3)22(27)25-17(13-26)11-16-12-24-21-18(16)9-6-10-23-21/h1,5-10,12,14,17,26H,11,13H2,2-3H3,(H,23,24)(H,25,27). The molecule has 0 fully saturated rings. The van der Waals surface area contributed by atoms with Gasteiger partial charge in [0, 0.05) is 17.8 Å². The molecule has 0 aliphatic heterocycles. The molecule has 0 saturated heterocycles. The number of carbonyl (C=O) groups excluding carboxylic acids is 1. The summed E-state index contributed by atoms with van der Waals surface area (Å²) < 4.78 is 5.79. The number of nitrogens with zero attached hydrogens (tertiary/aromatic N) is 1. The summed E-state index contributed by atoms with van der Waals surface area (Å²) >= 11 is 0. The fourth-order valence-electron chi connectivity index (χ4n) is 3.06. The summed E-state index contributed by atoms with van der Waals surface area (Å²) in [5.74, 6) is 2.59. The van der Waals surface area contributed by atoms with Crippen molar-refractivity contribution in [3.63, 3.8) is 0 Å². The van der Waals surface area contributed by atoms with Crippen molar-refractivity contribution in [2.75, 3.05) is 6.61 Å². The van der Waals surface area contributed by atoms with Gasteiger partial charge in [0.05, 0.1) is 29.9 Å². The number of hydrogen-bond acceptors (Lipinski definition) is 4. The molecular weight excluding hydrogens is 354 g/mol. The summed E-state index contributed by atoms with van der Waals surface area (Å²) in [6, 6.07) is 8.46. The van der Waals surface area contributed by atoms with Crippen molar-refractivity contribution in [2.45, 2.75) is 32.4 Å². The number of H-pyrrole nitrogens is 1. The molecule has 3 N–H and O–H groups in total. The van der Waals surface area contributed by atoms with E-state index in [0.717, 1.165) is 16.6 Å². The van der Waals surface area contributed by atoms with Crippen molar-refractivity contribution < 1.29 is 14.6 Å². The minimum atomic E-state index is -0.465. The molecule has 0 aliphatic rings. The van der Waals surface area contributed by atoms with Crippen molar-refractivity contribution in [2.24, 2.45) is 0 Å². The van der Waals surface area contributed by atoms with Crippen LogP contribution in [0.3, 0.4) is 0 Å². The van der Waals surface area contributed by atoms with Crippen LogP contribution >= 0.6 is 0 Å². The number of ether oxygens (including phenoxy) is 1. The molecule has 0 aliphatic carbocycles. The molecule has 1 amide bonds. The number of aromatic amines is 1. The van der Waals surface area contributed by atoms with Gasteiger partial charge in [-0.25, -0.2) is 4.98 Å². The Morgan fingerprint density at radius 3 is 2.89 bits per heavy atom. The number of carbonyl (C=O) groups is 1. The average Bonchev–Trinajstić information content (AvgIpc) is 3.10. The molecule has 0 spiro atoms. The monoisotopic (exact) mass is 377 g/mol. The van der Waals surface area contributed by atoms with E-state index in [1.54, 1.807) is 24.4 Å². The molecule has 2 heterocycles. The summed E-state index contributed by atoms with van der Waals surface area (Å²) in [5.41, 5.74) is 2.61. The van der Waals surface area contributed by atoms with Gasteiger partial charge >= 0.3 is 0 Å². The third-order valence-electron chi connectivity index (χ3n) is 4.33. The fourth-order valence-corrected chi connectivity index (χ4v) is 3.06. The number of aliphatic hydroxyl groups excluding tert-OH is 1. The third-order valence-corrected chi connectivity index (χ3v) is 4.33. The maximum Gasteiger partial charge on any atom is 0.255 e. The summed E-state index contributed by atoms with van der Waals surface area (Å²) in [4.78, 5) is 20.2. The summed E-state index contributed by atoms with van der Waals surface area (Å²) in [7, 11) is 0. The molecule has 2 aromatic heterocycles. The molecule has 1 atom stereocenters. The minimum Gasteiger partial charge on any atom is -0.489 e. The van der Waals surface area contributed by atoms with Gasteiger partial charge in [0.2, 0.25) is 0 Å². The van der Waals surface area contributed by atoms with E-state index < -0.39 is 6.04 Å².